The van der Waals surface area contributed by atoms with Gasteiger partial charge in [0, 0.05) is 12.0 Å². The third-order valence-corrected chi connectivity index (χ3v) is 5.02. The first-order valence-corrected chi connectivity index (χ1v) is 8.40. The Bertz CT molecular complexity index is 478. The lowest BCUT2D eigenvalue weighted by molar-refractivity contribution is 0.225. The maximum Gasteiger partial charge on any atom is 0.161 e. The summed E-state index contributed by atoms with van der Waals surface area (Å²) in [6.07, 6.45) is 8.23. The SMILES string of the molecule is CCCC1CCC(N)(c2ccc3c(c2)OCCCO3)CC1. The predicted molar refractivity (Wildman–Crippen MR) is 84.8 cm³/mol. The minimum absolute atomic E-state index is 0.186. The van der Waals surface area contributed by atoms with Crippen molar-refractivity contribution in [2.24, 2.45) is 11.7 Å². The van der Waals surface area contributed by atoms with Crippen LogP contribution < -0.4 is 15.2 Å². The summed E-state index contributed by atoms with van der Waals surface area (Å²) in [6, 6.07) is 6.27. The Hall–Kier alpha value is -1.22. The summed E-state index contributed by atoms with van der Waals surface area (Å²) in [4.78, 5) is 0. The topological polar surface area (TPSA) is 44.5 Å². The lowest BCUT2D eigenvalue weighted by Crippen LogP contribution is -2.40. The van der Waals surface area contributed by atoms with Gasteiger partial charge in [0.15, 0.2) is 11.5 Å². The fourth-order valence-electron chi connectivity index (χ4n) is 3.65. The van der Waals surface area contributed by atoms with Gasteiger partial charge in [0.25, 0.3) is 0 Å². The van der Waals surface area contributed by atoms with Crippen molar-refractivity contribution in [3.8, 4) is 11.5 Å². The molecule has 1 aliphatic carbocycles. The highest BCUT2D eigenvalue weighted by molar-refractivity contribution is 5.45. The molecule has 3 nitrogen and oxygen atoms in total. The summed E-state index contributed by atoms with van der Waals surface area (Å²) in [7, 11) is 0. The van der Waals surface area contributed by atoms with E-state index < -0.39 is 0 Å². The Balaban J connectivity index is 1.76. The molecule has 1 aromatic rings. The smallest absolute Gasteiger partial charge is 0.161 e. The number of hydrogen-bond donors (Lipinski definition) is 1. The zero-order valence-corrected chi connectivity index (χ0v) is 13.1. The third kappa shape index (κ3) is 3.18. The van der Waals surface area contributed by atoms with Crippen LogP contribution in [0.2, 0.25) is 0 Å². The summed E-state index contributed by atoms with van der Waals surface area (Å²) in [6.45, 7) is 3.74. The molecule has 116 valence electrons. The molecule has 1 aliphatic heterocycles. The van der Waals surface area contributed by atoms with Crippen molar-refractivity contribution >= 4 is 0 Å². The highest BCUT2D eigenvalue weighted by Gasteiger charge is 2.33. The van der Waals surface area contributed by atoms with E-state index in [0.717, 1.165) is 49.9 Å². The Morgan fingerprint density at radius 1 is 1.14 bits per heavy atom. The summed E-state index contributed by atoms with van der Waals surface area (Å²) in [5, 5.41) is 0. The third-order valence-electron chi connectivity index (χ3n) is 5.02. The Kier molecular flexibility index (Phi) is 4.39. The van der Waals surface area contributed by atoms with E-state index >= 15 is 0 Å². The van der Waals surface area contributed by atoms with Crippen LogP contribution in [-0.4, -0.2) is 13.2 Å². The number of benzene rings is 1. The van der Waals surface area contributed by atoms with Gasteiger partial charge in [-0.25, -0.2) is 0 Å². The number of ether oxygens (including phenoxy) is 2. The van der Waals surface area contributed by atoms with E-state index in [1.165, 1.54) is 31.2 Å². The van der Waals surface area contributed by atoms with E-state index in [2.05, 4.69) is 19.1 Å². The van der Waals surface area contributed by atoms with Gasteiger partial charge in [-0.2, -0.15) is 0 Å². The fraction of sp³-hybridized carbons (Fsp3) is 0.667. The fourth-order valence-corrected chi connectivity index (χ4v) is 3.65. The van der Waals surface area contributed by atoms with Crippen LogP contribution in [0.1, 0.15) is 57.4 Å². The second-order valence-electron chi connectivity index (χ2n) is 6.60. The second-order valence-corrected chi connectivity index (χ2v) is 6.60. The van der Waals surface area contributed by atoms with Crippen LogP contribution in [0.4, 0.5) is 0 Å². The largest absolute Gasteiger partial charge is 0.490 e. The van der Waals surface area contributed by atoms with Crippen molar-refractivity contribution < 1.29 is 9.47 Å². The normalized spacial score (nSPS) is 29.0. The van der Waals surface area contributed by atoms with Crippen molar-refractivity contribution in [3.05, 3.63) is 23.8 Å². The minimum atomic E-state index is -0.186. The first kappa shape index (κ1) is 14.7. The van der Waals surface area contributed by atoms with Crippen LogP contribution >= 0.6 is 0 Å². The Morgan fingerprint density at radius 2 is 1.86 bits per heavy atom. The van der Waals surface area contributed by atoms with Crippen LogP contribution in [0, 0.1) is 5.92 Å². The van der Waals surface area contributed by atoms with E-state index in [4.69, 9.17) is 15.2 Å². The van der Waals surface area contributed by atoms with E-state index in [0.29, 0.717) is 0 Å². The molecular weight excluding hydrogens is 262 g/mol. The number of fused-ring (bicyclic) bond motifs is 1. The average molecular weight is 289 g/mol. The van der Waals surface area contributed by atoms with Crippen LogP contribution in [0.15, 0.2) is 18.2 Å². The number of rotatable bonds is 3. The van der Waals surface area contributed by atoms with Gasteiger partial charge in [-0.15, -0.1) is 0 Å². The molecule has 1 fully saturated rings. The molecular formula is C18H27NO2. The number of hydrogen-bond acceptors (Lipinski definition) is 3. The van der Waals surface area contributed by atoms with E-state index in [9.17, 15) is 0 Å². The number of nitrogens with two attached hydrogens (primary N) is 1. The van der Waals surface area contributed by atoms with Crippen molar-refractivity contribution in [1.29, 1.82) is 0 Å². The molecule has 3 rings (SSSR count). The highest BCUT2D eigenvalue weighted by atomic mass is 16.5. The predicted octanol–water partition coefficient (Wildman–Crippen LogP) is 3.99. The quantitative estimate of drug-likeness (QED) is 0.915. The highest BCUT2D eigenvalue weighted by Crippen LogP contribution is 2.41. The summed E-state index contributed by atoms with van der Waals surface area (Å²) < 4.78 is 11.5. The first-order chi connectivity index (χ1) is 10.2. The van der Waals surface area contributed by atoms with E-state index in [1.807, 2.05) is 6.07 Å². The Morgan fingerprint density at radius 3 is 2.57 bits per heavy atom. The van der Waals surface area contributed by atoms with Crippen molar-refractivity contribution in [2.45, 2.75) is 57.4 Å². The van der Waals surface area contributed by atoms with Crippen LogP contribution in [0.3, 0.4) is 0 Å². The van der Waals surface area contributed by atoms with Gasteiger partial charge >= 0.3 is 0 Å². The lowest BCUT2D eigenvalue weighted by Gasteiger charge is -2.38. The molecule has 1 heterocycles. The molecule has 0 spiro atoms. The molecule has 3 heteroatoms. The van der Waals surface area contributed by atoms with Crippen molar-refractivity contribution in [3.63, 3.8) is 0 Å². The van der Waals surface area contributed by atoms with Crippen LogP contribution in [0.5, 0.6) is 11.5 Å². The van der Waals surface area contributed by atoms with E-state index in [-0.39, 0.29) is 5.54 Å². The minimum Gasteiger partial charge on any atom is -0.490 e. The molecule has 1 aromatic carbocycles. The summed E-state index contributed by atoms with van der Waals surface area (Å²) in [5.74, 6) is 2.59. The molecule has 0 amide bonds. The average Bonchev–Trinajstić information content (AvgIpc) is 2.74. The monoisotopic (exact) mass is 289 g/mol. The van der Waals surface area contributed by atoms with E-state index in [1.54, 1.807) is 0 Å². The molecule has 1 saturated carbocycles. The molecule has 0 saturated heterocycles. The van der Waals surface area contributed by atoms with Crippen molar-refractivity contribution in [2.75, 3.05) is 13.2 Å². The molecule has 0 bridgehead atoms. The van der Waals surface area contributed by atoms with Gasteiger partial charge < -0.3 is 15.2 Å². The molecule has 21 heavy (non-hydrogen) atoms. The van der Waals surface area contributed by atoms with Gasteiger partial charge in [0.2, 0.25) is 0 Å². The van der Waals surface area contributed by atoms with Crippen LogP contribution in [0.25, 0.3) is 0 Å². The van der Waals surface area contributed by atoms with Gasteiger partial charge in [-0.3, -0.25) is 0 Å². The van der Waals surface area contributed by atoms with Gasteiger partial charge in [0.1, 0.15) is 0 Å². The molecule has 2 N–H and O–H groups in total. The van der Waals surface area contributed by atoms with Gasteiger partial charge in [-0.1, -0.05) is 25.8 Å². The molecule has 2 aliphatic rings. The molecule has 0 unspecified atom stereocenters. The first-order valence-electron chi connectivity index (χ1n) is 8.40. The second kappa shape index (κ2) is 6.27. The molecule has 0 aromatic heterocycles. The van der Waals surface area contributed by atoms with Crippen molar-refractivity contribution in [1.82, 2.24) is 0 Å². The lowest BCUT2D eigenvalue weighted by atomic mass is 9.72. The zero-order chi connectivity index (χ0) is 14.7. The molecule has 0 radical (unpaired) electrons. The van der Waals surface area contributed by atoms with Gasteiger partial charge in [0.05, 0.1) is 13.2 Å². The molecule has 0 atom stereocenters. The summed E-state index contributed by atoms with van der Waals surface area (Å²) in [5.41, 5.74) is 7.74. The standard InChI is InChI=1S/C18H27NO2/c1-2-4-14-7-9-18(19,10-8-14)15-5-6-16-17(13-15)21-12-3-11-20-16/h5-6,13-14H,2-4,7-12,19H2,1H3. The van der Waals surface area contributed by atoms with Gasteiger partial charge in [-0.05, 0) is 49.3 Å². The maximum absolute atomic E-state index is 6.71. The Labute approximate surface area is 127 Å². The van der Waals surface area contributed by atoms with Crippen LogP contribution in [-0.2, 0) is 5.54 Å². The zero-order valence-electron chi connectivity index (χ0n) is 13.1. The maximum atomic E-state index is 6.71. The summed E-state index contributed by atoms with van der Waals surface area (Å²) >= 11 is 0.